The average Bonchev–Trinajstić information content (AvgIpc) is 2.84. The van der Waals surface area contributed by atoms with Crippen LogP contribution in [0.5, 0.6) is 5.75 Å². The predicted molar refractivity (Wildman–Crippen MR) is 99.0 cm³/mol. The Morgan fingerprint density at radius 3 is 2.17 bits per heavy atom. The Hall–Kier alpha value is -0.730. The van der Waals surface area contributed by atoms with Gasteiger partial charge in [-0.3, -0.25) is 0 Å². The van der Waals surface area contributed by atoms with Gasteiger partial charge < -0.3 is 21.6 Å². The lowest BCUT2D eigenvalue weighted by atomic mass is 10.1. The summed E-state index contributed by atoms with van der Waals surface area (Å²) in [5, 5.41) is 0. The maximum Gasteiger partial charge on any atom is 0.119 e. The number of unbranched alkanes of at least 4 members (excludes halogenated alkanes) is 1. The van der Waals surface area contributed by atoms with E-state index in [1.54, 1.807) is 0 Å². The van der Waals surface area contributed by atoms with Crippen molar-refractivity contribution < 1.29 is 21.6 Å². The van der Waals surface area contributed by atoms with Crippen LogP contribution in [-0.2, 0) is 6.42 Å². The van der Waals surface area contributed by atoms with Gasteiger partial charge in [-0.15, -0.1) is 0 Å². The SMILES string of the molecule is CCCOc1ccc(CCCC[N+]2(CC)CCCCCC2)cc1.[Cl-]. The van der Waals surface area contributed by atoms with Gasteiger partial charge in [0.2, 0.25) is 0 Å². The van der Waals surface area contributed by atoms with Gasteiger partial charge in [-0.2, -0.15) is 0 Å². The van der Waals surface area contributed by atoms with Crippen LogP contribution in [0.15, 0.2) is 24.3 Å². The molecule has 138 valence electrons. The fourth-order valence-electron chi connectivity index (χ4n) is 3.81. The summed E-state index contributed by atoms with van der Waals surface area (Å²) in [7, 11) is 0. The van der Waals surface area contributed by atoms with Gasteiger partial charge in [-0.05, 0) is 76.0 Å². The Morgan fingerprint density at radius 1 is 0.917 bits per heavy atom. The highest BCUT2D eigenvalue weighted by Gasteiger charge is 2.25. The molecule has 0 radical (unpaired) electrons. The first-order valence-electron chi connectivity index (χ1n) is 9.85. The normalized spacial score (nSPS) is 16.9. The van der Waals surface area contributed by atoms with Crippen molar-refractivity contribution >= 4 is 0 Å². The lowest BCUT2D eigenvalue weighted by molar-refractivity contribution is -0.926. The van der Waals surface area contributed by atoms with E-state index in [1.807, 2.05) is 0 Å². The molecule has 0 atom stereocenters. The fourth-order valence-corrected chi connectivity index (χ4v) is 3.81. The molecule has 1 heterocycles. The van der Waals surface area contributed by atoms with Crippen LogP contribution in [-0.4, -0.2) is 37.3 Å². The number of hydrogen-bond acceptors (Lipinski definition) is 1. The first-order valence-corrected chi connectivity index (χ1v) is 9.85. The molecule has 2 rings (SSSR count). The summed E-state index contributed by atoms with van der Waals surface area (Å²) in [5.41, 5.74) is 1.45. The fraction of sp³-hybridized carbons (Fsp3) is 0.714. The number of quaternary nitrogens is 1. The van der Waals surface area contributed by atoms with E-state index in [0.29, 0.717) is 0 Å². The van der Waals surface area contributed by atoms with Crippen LogP contribution >= 0.6 is 0 Å². The quantitative estimate of drug-likeness (QED) is 0.488. The van der Waals surface area contributed by atoms with Crippen LogP contribution in [0.2, 0.25) is 0 Å². The summed E-state index contributed by atoms with van der Waals surface area (Å²) in [4.78, 5) is 0. The second-order valence-corrected chi connectivity index (χ2v) is 7.19. The van der Waals surface area contributed by atoms with Gasteiger partial charge in [0.15, 0.2) is 0 Å². The van der Waals surface area contributed by atoms with Gasteiger partial charge in [0, 0.05) is 0 Å². The summed E-state index contributed by atoms with van der Waals surface area (Å²) in [6.45, 7) is 10.9. The van der Waals surface area contributed by atoms with E-state index in [9.17, 15) is 0 Å². The second kappa shape index (κ2) is 11.8. The number of nitrogens with zero attached hydrogens (tertiary/aromatic N) is 1. The molecule has 24 heavy (non-hydrogen) atoms. The minimum Gasteiger partial charge on any atom is -1.00 e. The first kappa shape index (κ1) is 21.3. The molecule has 0 unspecified atom stereocenters. The molecule has 1 aromatic rings. The molecule has 0 amide bonds. The van der Waals surface area contributed by atoms with Crippen molar-refractivity contribution in [2.45, 2.75) is 65.2 Å². The zero-order valence-electron chi connectivity index (χ0n) is 15.7. The molecule has 1 aliphatic rings. The summed E-state index contributed by atoms with van der Waals surface area (Å²) in [6.07, 6.45) is 10.7. The summed E-state index contributed by atoms with van der Waals surface area (Å²) in [5.74, 6) is 1.01. The van der Waals surface area contributed by atoms with Crippen molar-refractivity contribution in [2.75, 3.05) is 32.8 Å². The van der Waals surface area contributed by atoms with E-state index in [-0.39, 0.29) is 12.4 Å². The van der Waals surface area contributed by atoms with E-state index < -0.39 is 0 Å². The van der Waals surface area contributed by atoms with Crippen molar-refractivity contribution in [1.82, 2.24) is 0 Å². The number of aryl methyl sites for hydroxylation is 1. The zero-order chi connectivity index (χ0) is 16.4. The second-order valence-electron chi connectivity index (χ2n) is 7.19. The van der Waals surface area contributed by atoms with Gasteiger partial charge in [-0.25, -0.2) is 0 Å². The first-order chi connectivity index (χ1) is 11.3. The Kier molecular flexibility index (Phi) is 10.4. The number of rotatable bonds is 9. The Labute approximate surface area is 155 Å². The Balaban J connectivity index is 0.00000288. The van der Waals surface area contributed by atoms with Crippen molar-refractivity contribution in [3.05, 3.63) is 29.8 Å². The molecule has 1 saturated heterocycles. The van der Waals surface area contributed by atoms with Gasteiger partial charge in [0.25, 0.3) is 0 Å². The maximum absolute atomic E-state index is 5.65. The van der Waals surface area contributed by atoms with Gasteiger partial charge >= 0.3 is 0 Å². The highest BCUT2D eigenvalue weighted by Crippen LogP contribution is 2.20. The van der Waals surface area contributed by atoms with Gasteiger partial charge in [-0.1, -0.05) is 19.1 Å². The molecule has 1 aliphatic heterocycles. The molecule has 0 saturated carbocycles. The largest absolute Gasteiger partial charge is 1.00 e. The minimum atomic E-state index is 0. The van der Waals surface area contributed by atoms with Crippen molar-refractivity contribution in [2.24, 2.45) is 0 Å². The minimum absolute atomic E-state index is 0. The molecular weight excluding hydrogens is 318 g/mol. The molecule has 0 spiro atoms. The van der Waals surface area contributed by atoms with Gasteiger partial charge in [0.05, 0.1) is 32.8 Å². The predicted octanol–water partition coefficient (Wildman–Crippen LogP) is 2.21. The van der Waals surface area contributed by atoms with E-state index in [0.717, 1.165) is 18.8 Å². The molecule has 0 aromatic heterocycles. The molecular formula is C21H36ClNO. The third-order valence-electron chi connectivity index (χ3n) is 5.43. The van der Waals surface area contributed by atoms with Crippen molar-refractivity contribution in [1.29, 1.82) is 0 Å². The number of hydrogen-bond donors (Lipinski definition) is 0. The van der Waals surface area contributed by atoms with E-state index in [4.69, 9.17) is 4.74 Å². The topological polar surface area (TPSA) is 9.23 Å². The summed E-state index contributed by atoms with van der Waals surface area (Å²) >= 11 is 0. The van der Waals surface area contributed by atoms with E-state index >= 15 is 0 Å². The summed E-state index contributed by atoms with van der Waals surface area (Å²) < 4.78 is 7.03. The maximum atomic E-state index is 5.65. The van der Waals surface area contributed by atoms with Crippen LogP contribution in [0.25, 0.3) is 0 Å². The number of likely N-dealkylation sites (tertiary alicyclic amines) is 1. The van der Waals surface area contributed by atoms with Crippen molar-refractivity contribution in [3.8, 4) is 5.75 Å². The third kappa shape index (κ3) is 7.03. The molecule has 0 bridgehead atoms. The van der Waals surface area contributed by atoms with E-state index in [1.165, 1.54) is 81.2 Å². The molecule has 1 aromatic carbocycles. The molecule has 3 heteroatoms. The molecule has 0 aliphatic carbocycles. The molecule has 2 nitrogen and oxygen atoms in total. The standard InChI is InChI=1S/C21H36NO.ClH/c1-3-19-23-21-14-12-20(13-15-21)11-7-10-18-22(4-2)16-8-5-6-9-17-22;/h12-15H,3-11,16-19H2,1-2H3;1H/q+1;/p-1. The lowest BCUT2D eigenvalue weighted by Crippen LogP contribution is -3.00. The van der Waals surface area contributed by atoms with E-state index in [2.05, 4.69) is 38.1 Å². The Morgan fingerprint density at radius 2 is 1.58 bits per heavy atom. The van der Waals surface area contributed by atoms with Crippen molar-refractivity contribution in [3.63, 3.8) is 0 Å². The lowest BCUT2D eigenvalue weighted by Gasteiger charge is -2.37. The molecule has 1 fully saturated rings. The number of benzene rings is 1. The van der Waals surface area contributed by atoms with Crippen LogP contribution in [0.3, 0.4) is 0 Å². The number of halogens is 1. The monoisotopic (exact) mass is 353 g/mol. The average molecular weight is 354 g/mol. The van der Waals surface area contributed by atoms with Crippen LogP contribution in [0.4, 0.5) is 0 Å². The third-order valence-corrected chi connectivity index (χ3v) is 5.43. The molecule has 0 N–H and O–H groups in total. The number of ether oxygens (including phenoxy) is 1. The highest BCUT2D eigenvalue weighted by atomic mass is 35.5. The highest BCUT2D eigenvalue weighted by molar-refractivity contribution is 5.27. The van der Waals surface area contributed by atoms with Crippen LogP contribution in [0, 0.1) is 0 Å². The summed E-state index contributed by atoms with van der Waals surface area (Å²) in [6, 6.07) is 8.72. The smallest absolute Gasteiger partial charge is 0.119 e. The van der Waals surface area contributed by atoms with Crippen LogP contribution < -0.4 is 17.1 Å². The Bertz CT molecular complexity index is 424. The zero-order valence-corrected chi connectivity index (χ0v) is 16.5. The van der Waals surface area contributed by atoms with Gasteiger partial charge in [0.1, 0.15) is 5.75 Å². The van der Waals surface area contributed by atoms with Crippen LogP contribution in [0.1, 0.15) is 64.4 Å².